The van der Waals surface area contributed by atoms with E-state index in [0.717, 1.165) is 23.3 Å². The minimum absolute atomic E-state index is 0.164. The molecule has 0 aliphatic carbocycles. The Balaban J connectivity index is 1.34. The molecule has 1 aliphatic rings. The number of esters is 2. The number of carbonyl (C=O) groups is 2. The topological polar surface area (TPSA) is 74.3 Å². The highest BCUT2D eigenvalue weighted by atomic mass is 19.4. The molecule has 1 fully saturated rings. The van der Waals surface area contributed by atoms with Crippen LogP contribution in [0.5, 0.6) is 5.75 Å². The van der Waals surface area contributed by atoms with Crippen molar-refractivity contribution < 1.29 is 41.7 Å². The molecule has 1 atom stereocenters. The van der Waals surface area contributed by atoms with Crippen molar-refractivity contribution in [3.8, 4) is 5.75 Å². The summed E-state index contributed by atoms with van der Waals surface area (Å²) in [4.78, 5) is 24.1. The van der Waals surface area contributed by atoms with Crippen molar-refractivity contribution in [3.63, 3.8) is 0 Å². The first-order chi connectivity index (χ1) is 16.8. The summed E-state index contributed by atoms with van der Waals surface area (Å²) < 4.78 is 57.5. The lowest BCUT2D eigenvalue weighted by Crippen LogP contribution is -2.39. The molecule has 0 spiro atoms. The second-order valence-electron chi connectivity index (χ2n) is 7.98. The summed E-state index contributed by atoms with van der Waals surface area (Å²) >= 11 is 0. The van der Waals surface area contributed by atoms with Gasteiger partial charge in [0.15, 0.2) is 0 Å². The lowest BCUT2D eigenvalue weighted by Gasteiger charge is -2.33. The first-order valence-corrected chi connectivity index (χ1v) is 11.3. The van der Waals surface area contributed by atoms with E-state index in [2.05, 4.69) is 4.74 Å². The highest BCUT2D eigenvalue weighted by Crippen LogP contribution is 2.25. The van der Waals surface area contributed by atoms with Crippen LogP contribution in [0.15, 0.2) is 54.6 Å². The lowest BCUT2D eigenvalue weighted by molar-refractivity contribution is -0.202. The minimum atomic E-state index is -5.19. The highest BCUT2D eigenvalue weighted by Gasteiger charge is 2.42. The Morgan fingerprint density at radius 2 is 1.77 bits per heavy atom. The molecule has 190 valence electrons. The van der Waals surface area contributed by atoms with Crippen LogP contribution in [0.2, 0.25) is 0 Å². The molecule has 0 amide bonds. The first kappa shape index (κ1) is 26.7. The van der Waals surface area contributed by atoms with E-state index in [4.69, 9.17) is 14.2 Å². The van der Waals surface area contributed by atoms with Gasteiger partial charge in [-0.2, -0.15) is 13.2 Å². The molecular formula is C25H28F3NO6. The number of nitrogens with zero attached hydrogens (tertiary/aromatic N) is 1. The fourth-order valence-corrected chi connectivity index (χ4v) is 3.46. The molecule has 0 N–H and O–H groups in total. The summed E-state index contributed by atoms with van der Waals surface area (Å²) in [7, 11) is 0. The van der Waals surface area contributed by atoms with Gasteiger partial charge in [-0.05, 0) is 23.3 Å². The molecule has 10 heteroatoms. The fourth-order valence-electron chi connectivity index (χ4n) is 3.46. The lowest BCUT2D eigenvalue weighted by atomic mass is 10.1. The van der Waals surface area contributed by atoms with Crippen LogP contribution in [-0.4, -0.2) is 62.5 Å². The number of benzene rings is 2. The van der Waals surface area contributed by atoms with Crippen molar-refractivity contribution >= 4 is 11.9 Å². The number of hydrogen-bond donors (Lipinski definition) is 0. The predicted octanol–water partition coefficient (Wildman–Crippen LogP) is 4.07. The number of carbonyl (C=O) groups excluding carboxylic acids is 2. The van der Waals surface area contributed by atoms with Gasteiger partial charge < -0.3 is 18.9 Å². The molecule has 35 heavy (non-hydrogen) atoms. The van der Waals surface area contributed by atoms with Gasteiger partial charge in [0.2, 0.25) is 0 Å². The molecule has 3 rings (SSSR count). The van der Waals surface area contributed by atoms with E-state index >= 15 is 0 Å². The number of morpholine rings is 1. The molecule has 0 aromatic heterocycles. The third-order valence-electron chi connectivity index (χ3n) is 5.29. The quantitative estimate of drug-likeness (QED) is 0.264. The monoisotopic (exact) mass is 495 g/mol. The zero-order valence-electron chi connectivity index (χ0n) is 19.2. The van der Waals surface area contributed by atoms with Crippen LogP contribution in [0, 0.1) is 0 Å². The van der Waals surface area contributed by atoms with Crippen molar-refractivity contribution in [2.75, 3.05) is 39.5 Å². The third-order valence-corrected chi connectivity index (χ3v) is 5.29. The molecule has 0 saturated carbocycles. The van der Waals surface area contributed by atoms with Crippen LogP contribution < -0.4 is 4.74 Å². The summed E-state index contributed by atoms with van der Waals surface area (Å²) in [6.07, 6.45) is -5.01. The van der Waals surface area contributed by atoms with E-state index in [9.17, 15) is 22.8 Å². The van der Waals surface area contributed by atoms with E-state index in [1.807, 2.05) is 59.5 Å². The summed E-state index contributed by atoms with van der Waals surface area (Å²) in [5, 5.41) is 0. The van der Waals surface area contributed by atoms with E-state index in [-0.39, 0.29) is 19.1 Å². The van der Waals surface area contributed by atoms with Crippen molar-refractivity contribution in [3.05, 3.63) is 65.7 Å². The average molecular weight is 495 g/mol. The zero-order chi connectivity index (χ0) is 25.1. The summed E-state index contributed by atoms with van der Waals surface area (Å²) in [5.41, 5.74) is 2.05. The highest BCUT2D eigenvalue weighted by molar-refractivity contribution is 5.88. The van der Waals surface area contributed by atoms with E-state index < -0.39 is 18.1 Å². The van der Waals surface area contributed by atoms with E-state index in [0.29, 0.717) is 39.5 Å². The molecule has 1 aliphatic heterocycles. The molecular weight excluding hydrogens is 467 g/mol. The molecule has 0 bridgehead atoms. The van der Waals surface area contributed by atoms with Gasteiger partial charge in [0, 0.05) is 26.1 Å². The van der Waals surface area contributed by atoms with Crippen molar-refractivity contribution in [1.29, 1.82) is 0 Å². The molecule has 1 unspecified atom stereocenters. The molecule has 1 heterocycles. The Bertz CT molecular complexity index is 936. The second-order valence-corrected chi connectivity index (χ2v) is 7.98. The predicted molar refractivity (Wildman–Crippen MR) is 120 cm³/mol. The van der Waals surface area contributed by atoms with Gasteiger partial charge >= 0.3 is 18.1 Å². The van der Waals surface area contributed by atoms with Gasteiger partial charge in [0.05, 0.1) is 39.0 Å². The maximum Gasteiger partial charge on any atom is 0.491 e. The Labute approximate surface area is 201 Å². The zero-order valence-corrected chi connectivity index (χ0v) is 19.2. The smallest absolute Gasteiger partial charge is 0.491 e. The van der Waals surface area contributed by atoms with Gasteiger partial charge in [0.25, 0.3) is 0 Å². The van der Waals surface area contributed by atoms with Crippen molar-refractivity contribution in [2.24, 2.45) is 0 Å². The minimum Gasteiger partial charge on any atom is -0.494 e. The third kappa shape index (κ3) is 9.31. The van der Waals surface area contributed by atoms with Crippen LogP contribution in [-0.2, 0) is 30.4 Å². The maximum absolute atomic E-state index is 12.2. The largest absolute Gasteiger partial charge is 0.494 e. The molecule has 2 aromatic carbocycles. The Morgan fingerprint density at radius 1 is 1.03 bits per heavy atom. The Hall–Kier alpha value is -2.95. The number of rotatable bonds is 11. The second kappa shape index (κ2) is 13.2. The molecule has 0 radical (unpaired) electrons. The Morgan fingerprint density at radius 3 is 2.49 bits per heavy atom. The average Bonchev–Trinajstić information content (AvgIpc) is 2.85. The normalized spacial score (nSPS) is 16.6. The van der Waals surface area contributed by atoms with Gasteiger partial charge in [-0.15, -0.1) is 0 Å². The SMILES string of the molecule is O=C(CCN1CCOC(c2ccc(OCCCOCc3ccccc3)cc2)C1)OC(=O)C(F)(F)F. The van der Waals surface area contributed by atoms with Crippen LogP contribution in [0.4, 0.5) is 13.2 Å². The maximum atomic E-state index is 12.2. The van der Waals surface area contributed by atoms with Gasteiger partial charge in [-0.3, -0.25) is 9.69 Å². The number of alkyl halides is 3. The number of ether oxygens (including phenoxy) is 4. The Kier molecular flexibility index (Phi) is 10.1. The van der Waals surface area contributed by atoms with Crippen LogP contribution in [0.1, 0.15) is 30.1 Å². The summed E-state index contributed by atoms with van der Waals surface area (Å²) in [6, 6.07) is 17.4. The van der Waals surface area contributed by atoms with Crippen LogP contribution in [0.3, 0.4) is 0 Å². The van der Waals surface area contributed by atoms with Gasteiger partial charge in [0.1, 0.15) is 5.75 Å². The van der Waals surface area contributed by atoms with Crippen LogP contribution >= 0.6 is 0 Å². The number of hydrogen-bond acceptors (Lipinski definition) is 7. The van der Waals surface area contributed by atoms with Gasteiger partial charge in [-0.25, -0.2) is 4.79 Å². The first-order valence-electron chi connectivity index (χ1n) is 11.3. The molecule has 2 aromatic rings. The standard InChI is InChI=1S/C25H28F3NO6/c26-25(27,28)24(31)35-23(30)11-12-29-13-16-34-22(17-29)20-7-9-21(10-8-20)33-15-4-14-32-18-19-5-2-1-3-6-19/h1-3,5-10,22H,4,11-18H2. The molecule has 1 saturated heterocycles. The summed E-state index contributed by atoms with van der Waals surface area (Å²) in [5.74, 6) is -2.98. The van der Waals surface area contributed by atoms with Crippen molar-refractivity contribution in [1.82, 2.24) is 4.90 Å². The van der Waals surface area contributed by atoms with Crippen molar-refractivity contribution in [2.45, 2.75) is 31.7 Å². The van der Waals surface area contributed by atoms with E-state index in [1.54, 1.807) is 0 Å². The van der Waals surface area contributed by atoms with Gasteiger partial charge in [-0.1, -0.05) is 42.5 Å². The molecule has 7 nitrogen and oxygen atoms in total. The van der Waals surface area contributed by atoms with E-state index in [1.165, 1.54) is 0 Å². The fraction of sp³-hybridized carbons (Fsp3) is 0.440. The number of halogens is 3. The summed E-state index contributed by atoms with van der Waals surface area (Å²) in [6.45, 7) is 3.23. The van der Waals surface area contributed by atoms with Crippen LogP contribution in [0.25, 0.3) is 0 Å².